The zero-order valence-electron chi connectivity index (χ0n) is 18.5. The molecule has 2 aromatic rings. The van der Waals surface area contributed by atoms with E-state index in [1.165, 1.54) is 0 Å². The number of hydrogen-bond acceptors (Lipinski definition) is 2. The Balaban J connectivity index is 1.63. The standard InChI is InChI=1S/C25H32ClN3O2/c1-25(2,3)28-24(31)29-15-13-18(14-16-29)17-22(19-7-5-4-6-8-19)27-23(30)20-9-11-21(26)12-10-20/h4-12,18,22H,13-17H2,1-3H3,(H,27,30)(H,28,31). The topological polar surface area (TPSA) is 61.4 Å². The second kappa shape index (κ2) is 10.2. The van der Waals surface area contributed by atoms with Gasteiger partial charge in [-0.05, 0) is 75.8 Å². The molecule has 166 valence electrons. The second-order valence-corrected chi connectivity index (χ2v) is 9.73. The van der Waals surface area contributed by atoms with Gasteiger partial charge in [0.2, 0.25) is 0 Å². The molecule has 5 nitrogen and oxygen atoms in total. The number of benzene rings is 2. The van der Waals surface area contributed by atoms with Gasteiger partial charge in [-0.25, -0.2) is 4.79 Å². The van der Waals surface area contributed by atoms with Crippen molar-refractivity contribution in [1.29, 1.82) is 0 Å². The summed E-state index contributed by atoms with van der Waals surface area (Å²) in [7, 11) is 0. The van der Waals surface area contributed by atoms with Gasteiger partial charge in [0.05, 0.1) is 6.04 Å². The number of amides is 3. The van der Waals surface area contributed by atoms with E-state index in [1.807, 2.05) is 43.9 Å². The summed E-state index contributed by atoms with van der Waals surface area (Å²) in [5, 5.41) is 6.86. The number of carbonyl (C=O) groups excluding carboxylic acids is 2. The molecule has 1 atom stereocenters. The van der Waals surface area contributed by atoms with Crippen LogP contribution >= 0.6 is 11.6 Å². The van der Waals surface area contributed by atoms with Crippen LogP contribution in [0.25, 0.3) is 0 Å². The number of carbonyl (C=O) groups is 2. The third-order valence-electron chi connectivity index (χ3n) is 5.57. The van der Waals surface area contributed by atoms with Crippen LogP contribution in [0, 0.1) is 5.92 Å². The van der Waals surface area contributed by atoms with Gasteiger partial charge in [0.25, 0.3) is 5.91 Å². The van der Waals surface area contributed by atoms with Crippen molar-refractivity contribution in [3.63, 3.8) is 0 Å². The van der Waals surface area contributed by atoms with E-state index in [1.54, 1.807) is 24.3 Å². The fraction of sp³-hybridized carbons (Fsp3) is 0.440. The highest BCUT2D eigenvalue weighted by molar-refractivity contribution is 6.30. The summed E-state index contributed by atoms with van der Waals surface area (Å²) in [5.74, 6) is 0.335. The Labute approximate surface area is 190 Å². The molecular weight excluding hydrogens is 410 g/mol. The zero-order valence-corrected chi connectivity index (χ0v) is 19.3. The smallest absolute Gasteiger partial charge is 0.317 e. The monoisotopic (exact) mass is 441 g/mol. The lowest BCUT2D eigenvalue weighted by molar-refractivity contribution is 0.0925. The zero-order chi connectivity index (χ0) is 22.4. The van der Waals surface area contributed by atoms with Gasteiger partial charge in [-0.15, -0.1) is 0 Å². The first-order valence-corrected chi connectivity index (χ1v) is 11.3. The van der Waals surface area contributed by atoms with Crippen LogP contribution in [-0.2, 0) is 0 Å². The van der Waals surface area contributed by atoms with Crippen LogP contribution in [-0.4, -0.2) is 35.5 Å². The number of nitrogens with zero attached hydrogens (tertiary/aromatic N) is 1. The molecule has 1 aliphatic rings. The van der Waals surface area contributed by atoms with Crippen LogP contribution in [0.1, 0.15) is 62.0 Å². The maximum atomic E-state index is 12.8. The minimum Gasteiger partial charge on any atom is -0.345 e. The third-order valence-corrected chi connectivity index (χ3v) is 5.82. The highest BCUT2D eigenvalue weighted by atomic mass is 35.5. The van der Waals surface area contributed by atoms with Crippen molar-refractivity contribution in [3.8, 4) is 0 Å². The van der Waals surface area contributed by atoms with E-state index >= 15 is 0 Å². The molecule has 2 aromatic carbocycles. The Morgan fingerprint density at radius 3 is 2.23 bits per heavy atom. The molecule has 0 saturated carbocycles. The quantitative estimate of drug-likeness (QED) is 0.650. The molecule has 3 rings (SSSR count). The molecular formula is C25H32ClN3O2. The summed E-state index contributed by atoms with van der Waals surface area (Å²) in [6.45, 7) is 7.45. The van der Waals surface area contributed by atoms with Gasteiger partial charge in [0.15, 0.2) is 0 Å². The summed E-state index contributed by atoms with van der Waals surface area (Å²) >= 11 is 5.95. The van der Waals surface area contributed by atoms with Gasteiger partial charge >= 0.3 is 6.03 Å². The van der Waals surface area contributed by atoms with Gasteiger partial charge in [0, 0.05) is 29.2 Å². The lowest BCUT2D eigenvalue weighted by Crippen LogP contribution is -2.50. The van der Waals surface area contributed by atoms with E-state index in [4.69, 9.17) is 11.6 Å². The average molecular weight is 442 g/mol. The number of urea groups is 1. The molecule has 0 aromatic heterocycles. The van der Waals surface area contributed by atoms with Crippen LogP contribution < -0.4 is 10.6 Å². The summed E-state index contributed by atoms with van der Waals surface area (Å²) < 4.78 is 0. The Morgan fingerprint density at radius 2 is 1.65 bits per heavy atom. The molecule has 31 heavy (non-hydrogen) atoms. The van der Waals surface area contributed by atoms with Crippen molar-refractivity contribution >= 4 is 23.5 Å². The highest BCUT2D eigenvalue weighted by Crippen LogP contribution is 2.29. The molecule has 0 bridgehead atoms. The first kappa shape index (κ1) is 23.1. The van der Waals surface area contributed by atoms with Crippen LogP contribution in [0.5, 0.6) is 0 Å². The molecule has 1 saturated heterocycles. The number of likely N-dealkylation sites (tertiary alicyclic amines) is 1. The van der Waals surface area contributed by atoms with Gasteiger partial charge in [0.1, 0.15) is 0 Å². The van der Waals surface area contributed by atoms with Crippen LogP contribution in [0.3, 0.4) is 0 Å². The van der Waals surface area contributed by atoms with Crippen molar-refractivity contribution in [2.75, 3.05) is 13.1 Å². The molecule has 1 heterocycles. The summed E-state index contributed by atoms with van der Waals surface area (Å²) in [6, 6.07) is 16.9. The molecule has 0 spiro atoms. The van der Waals surface area contributed by atoms with Crippen molar-refractivity contribution in [1.82, 2.24) is 15.5 Å². The van der Waals surface area contributed by atoms with Gasteiger partial charge in [-0.2, -0.15) is 0 Å². The maximum Gasteiger partial charge on any atom is 0.317 e. The minimum absolute atomic E-state index is 0.00148. The Hall–Kier alpha value is -2.53. The van der Waals surface area contributed by atoms with Gasteiger partial charge in [-0.1, -0.05) is 41.9 Å². The molecule has 2 N–H and O–H groups in total. The third kappa shape index (κ3) is 7.00. The minimum atomic E-state index is -0.238. The van der Waals surface area contributed by atoms with Crippen molar-refractivity contribution in [2.45, 2.75) is 51.6 Å². The Morgan fingerprint density at radius 1 is 1.03 bits per heavy atom. The predicted molar refractivity (Wildman–Crippen MR) is 125 cm³/mol. The Bertz CT molecular complexity index is 870. The first-order valence-electron chi connectivity index (χ1n) is 10.9. The van der Waals surface area contributed by atoms with Crippen molar-refractivity contribution in [2.24, 2.45) is 5.92 Å². The Kier molecular flexibility index (Phi) is 7.60. The van der Waals surface area contributed by atoms with Crippen molar-refractivity contribution < 1.29 is 9.59 Å². The molecule has 0 radical (unpaired) electrons. The van der Waals surface area contributed by atoms with Crippen LogP contribution in [0.4, 0.5) is 4.79 Å². The van der Waals surface area contributed by atoms with E-state index in [0.717, 1.165) is 37.9 Å². The molecule has 1 fully saturated rings. The van der Waals surface area contributed by atoms with Crippen LogP contribution in [0.15, 0.2) is 54.6 Å². The molecule has 1 aliphatic heterocycles. The molecule has 6 heteroatoms. The lowest BCUT2D eigenvalue weighted by Gasteiger charge is -2.35. The van der Waals surface area contributed by atoms with Gasteiger partial charge < -0.3 is 15.5 Å². The highest BCUT2D eigenvalue weighted by Gasteiger charge is 2.28. The molecule has 0 aliphatic carbocycles. The number of piperidine rings is 1. The normalized spacial score (nSPS) is 15.9. The summed E-state index contributed by atoms with van der Waals surface area (Å²) in [4.78, 5) is 27.2. The van der Waals surface area contributed by atoms with E-state index in [0.29, 0.717) is 16.5 Å². The number of halogens is 1. The van der Waals surface area contributed by atoms with Crippen molar-refractivity contribution in [3.05, 3.63) is 70.7 Å². The van der Waals surface area contributed by atoms with E-state index in [2.05, 4.69) is 22.8 Å². The molecule has 1 unspecified atom stereocenters. The molecule has 3 amide bonds. The second-order valence-electron chi connectivity index (χ2n) is 9.29. The van der Waals surface area contributed by atoms with E-state index in [-0.39, 0.29) is 23.5 Å². The van der Waals surface area contributed by atoms with Gasteiger partial charge in [-0.3, -0.25) is 4.79 Å². The SMILES string of the molecule is CC(C)(C)NC(=O)N1CCC(CC(NC(=O)c2ccc(Cl)cc2)c2ccccc2)CC1. The van der Waals surface area contributed by atoms with E-state index in [9.17, 15) is 9.59 Å². The van der Waals surface area contributed by atoms with E-state index < -0.39 is 0 Å². The largest absolute Gasteiger partial charge is 0.345 e. The fourth-order valence-corrected chi connectivity index (χ4v) is 4.04. The predicted octanol–water partition coefficient (Wildman–Crippen LogP) is 5.42. The summed E-state index contributed by atoms with van der Waals surface area (Å²) in [6.07, 6.45) is 2.70. The van der Waals surface area contributed by atoms with Crippen LogP contribution in [0.2, 0.25) is 5.02 Å². The maximum absolute atomic E-state index is 12.8. The first-order chi connectivity index (χ1) is 14.7. The average Bonchev–Trinajstić information content (AvgIpc) is 2.73. The number of hydrogen-bond donors (Lipinski definition) is 2. The fourth-order valence-electron chi connectivity index (χ4n) is 3.91. The number of rotatable bonds is 5. The lowest BCUT2D eigenvalue weighted by atomic mass is 9.87. The summed E-state index contributed by atoms with van der Waals surface area (Å²) in [5.41, 5.74) is 1.45. The number of nitrogens with one attached hydrogen (secondary N) is 2.